The quantitative estimate of drug-likeness (QED) is 0.370. The van der Waals surface area contributed by atoms with Gasteiger partial charge in [0.2, 0.25) is 5.88 Å². The molecule has 0 fully saturated rings. The molecule has 3 aromatic carbocycles. The fourth-order valence-electron chi connectivity index (χ4n) is 3.74. The lowest BCUT2D eigenvalue weighted by molar-refractivity contribution is 0.442. The van der Waals surface area contributed by atoms with Crippen LogP contribution in [-0.4, -0.2) is 24.6 Å². The second-order valence-electron chi connectivity index (χ2n) is 7.66. The van der Waals surface area contributed by atoms with E-state index in [1.807, 2.05) is 54.6 Å². The summed E-state index contributed by atoms with van der Waals surface area (Å²) in [5, 5.41) is 21.3. The molecule has 5 rings (SSSR count). The van der Waals surface area contributed by atoms with E-state index in [-0.39, 0.29) is 11.6 Å². The molecule has 6 heteroatoms. The minimum Gasteiger partial charge on any atom is -0.508 e. The average Bonchev–Trinajstić information content (AvgIpc) is 3.12. The molecular weight excluding hydrogens is 422 g/mol. The number of nitrogens with zero attached hydrogens (tertiary/aromatic N) is 3. The summed E-state index contributed by atoms with van der Waals surface area (Å²) in [7, 11) is 0. The topological polar surface area (TPSA) is 70.7 Å². The second kappa shape index (κ2) is 8.36. The predicted octanol–water partition coefficient (Wildman–Crippen LogP) is 5.64. The van der Waals surface area contributed by atoms with Crippen molar-refractivity contribution >= 4 is 17.2 Å². The molecule has 5 nitrogen and oxygen atoms in total. The van der Waals surface area contributed by atoms with Crippen molar-refractivity contribution in [3.05, 3.63) is 113 Å². The van der Waals surface area contributed by atoms with E-state index in [9.17, 15) is 10.2 Å². The smallest absolute Gasteiger partial charge is 0.219 e. The van der Waals surface area contributed by atoms with Gasteiger partial charge in [0, 0.05) is 29.6 Å². The van der Waals surface area contributed by atoms with Crippen LogP contribution in [-0.2, 0) is 12.8 Å². The van der Waals surface area contributed by atoms with Crippen LogP contribution < -0.4 is 0 Å². The SMILES string of the molecule is Oc1ccc(-c2cn3c(O)c(Cc4ccc(Cl)cc4)nc3c(Cc3ccccc3)n2)cc1. The molecule has 0 aliphatic heterocycles. The van der Waals surface area contributed by atoms with Crippen LogP contribution in [0.4, 0.5) is 0 Å². The largest absolute Gasteiger partial charge is 0.508 e. The molecule has 158 valence electrons. The summed E-state index contributed by atoms with van der Waals surface area (Å²) in [5.41, 5.74) is 5.60. The van der Waals surface area contributed by atoms with E-state index >= 15 is 0 Å². The van der Waals surface area contributed by atoms with Gasteiger partial charge in [-0.3, -0.25) is 4.40 Å². The average molecular weight is 442 g/mol. The number of imidazole rings is 1. The van der Waals surface area contributed by atoms with E-state index in [2.05, 4.69) is 0 Å². The number of halogens is 1. The van der Waals surface area contributed by atoms with Crippen molar-refractivity contribution in [2.24, 2.45) is 0 Å². The zero-order valence-electron chi connectivity index (χ0n) is 17.1. The van der Waals surface area contributed by atoms with Gasteiger partial charge < -0.3 is 10.2 Å². The van der Waals surface area contributed by atoms with E-state index in [4.69, 9.17) is 21.6 Å². The van der Waals surface area contributed by atoms with E-state index in [0.717, 1.165) is 22.4 Å². The normalized spacial score (nSPS) is 11.2. The lowest BCUT2D eigenvalue weighted by atomic mass is 10.1. The van der Waals surface area contributed by atoms with E-state index in [1.165, 1.54) is 0 Å². The van der Waals surface area contributed by atoms with Gasteiger partial charge in [0.15, 0.2) is 5.65 Å². The number of fused-ring (bicyclic) bond motifs is 1. The zero-order valence-corrected chi connectivity index (χ0v) is 17.9. The van der Waals surface area contributed by atoms with Gasteiger partial charge >= 0.3 is 0 Å². The minimum absolute atomic E-state index is 0.0895. The van der Waals surface area contributed by atoms with Crippen LogP contribution in [0.2, 0.25) is 5.02 Å². The first kappa shape index (κ1) is 20.1. The molecule has 0 bridgehead atoms. The van der Waals surface area contributed by atoms with Crippen LogP contribution in [0.3, 0.4) is 0 Å². The summed E-state index contributed by atoms with van der Waals surface area (Å²) in [6.07, 6.45) is 2.83. The van der Waals surface area contributed by atoms with Crippen molar-refractivity contribution < 1.29 is 10.2 Å². The van der Waals surface area contributed by atoms with Crippen LogP contribution in [0.25, 0.3) is 16.9 Å². The molecule has 0 spiro atoms. The summed E-state index contributed by atoms with van der Waals surface area (Å²) >= 11 is 6.00. The summed E-state index contributed by atoms with van der Waals surface area (Å²) in [6, 6.07) is 24.4. The number of benzene rings is 3. The Kier molecular flexibility index (Phi) is 5.25. The fraction of sp³-hybridized carbons (Fsp3) is 0.0769. The van der Waals surface area contributed by atoms with Crippen LogP contribution in [0.15, 0.2) is 85.1 Å². The highest BCUT2D eigenvalue weighted by atomic mass is 35.5. The van der Waals surface area contributed by atoms with Gasteiger partial charge in [-0.05, 0) is 47.5 Å². The summed E-state index contributed by atoms with van der Waals surface area (Å²) in [4.78, 5) is 9.63. The number of phenolic OH excluding ortho intramolecular Hbond substituents is 1. The molecule has 0 atom stereocenters. The van der Waals surface area contributed by atoms with Gasteiger partial charge in [-0.15, -0.1) is 0 Å². The monoisotopic (exact) mass is 441 g/mol. The lowest BCUT2D eigenvalue weighted by Gasteiger charge is -2.08. The molecule has 0 saturated carbocycles. The number of hydrogen-bond donors (Lipinski definition) is 2. The van der Waals surface area contributed by atoms with Crippen molar-refractivity contribution in [2.45, 2.75) is 12.8 Å². The summed E-state index contributed by atoms with van der Waals surface area (Å²) < 4.78 is 1.69. The fourth-order valence-corrected chi connectivity index (χ4v) is 3.86. The third-order valence-corrected chi connectivity index (χ3v) is 5.63. The Morgan fingerprint density at radius 2 is 1.38 bits per heavy atom. The first-order valence-electron chi connectivity index (χ1n) is 10.2. The van der Waals surface area contributed by atoms with E-state index < -0.39 is 0 Å². The summed E-state index contributed by atoms with van der Waals surface area (Å²) in [5.74, 6) is 0.279. The van der Waals surface area contributed by atoms with Gasteiger partial charge in [-0.25, -0.2) is 9.97 Å². The van der Waals surface area contributed by atoms with Crippen LogP contribution in [0, 0.1) is 0 Å². The van der Waals surface area contributed by atoms with Crippen molar-refractivity contribution in [2.75, 3.05) is 0 Å². The number of aromatic hydroxyl groups is 2. The number of phenols is 1. The highest BCUT2D eigenvalue weighted by Gasteiger charge is 2.18. The number of aromatic nitrogens is 3. The molecule has 2 N–H and O–H groups in total. The van der Waals surface area contributed by atoms with Crippen LogP contribution in [0.5, 0.6) is 11.6 Å². The first-order chi connectivity index (χ1) is 15.6. The molecule has 0 aliphatic rings. The minimum atomic E-state index is 0.0895. The van der Waals surface area contributed by atoms with Gasteiger partial charge in [-0.1, -0.05) is 54.1 Å². The maximum absolute atomic E-state index is 11.0. The Balaban J connectivity index is 1.63. The molecule has 0 aliphatic carbocycles. The van der Waals surface area contributed by atoms with Crippen molar-refractivity contribution in [3.8, 4) is 22.9 Å². The second-order valence-corrected chi connectivity index (χ2v) is 8.10. The molecule has 0 amide bonds. The Hall–Kier alpha value is -3.83. The lowest BCUT2D eigenvalue weighted by Crippen LogP contribution is -2.00. The highest BCUT2D eigenvalue weighted by molar-refractivity contribution is 6.30. The molecule has 0 saturated heterocycles. The van der Waals surface area contributed by atoms with Crippen LogP contribution >= 0.6 is 11.6 Å². The third-order valence-electron chi connectivity index (χ3n) is 5.38. The predicted molar refractivity (Wildman–Crippen MR) is 125 cm³/mol. The Morgan fingerprint density at radius 3 is 2.09 bits per heavy atom. The zero-order chi connectivity index (χ0) is 22.1. The Morgan fingerprint density at radius 1 is 0.719 bits per heavy atom. The maximum atomic E-state index is 11.0. The number of rotatable bonds is 5. The van der Waals surface area contributed by atoms with Crippen molar-refractivity contribution in [3.63, 3.8) is 0 Å². The standard InChI is InChI=1S/C26H20ClN3O2/c27-20-10-6-18(7-11-20)15-23-26(32)30-16-24(19-8-12-21(31)13-9-19)28-22(25(30)29-23)14-17-4-2-1-3-5-17/h1-13,16,31-32H,14-15H2. The van der Waals surface area contributed by atoms with E-state index in [0.29, 0.717) is 34.9 Å². The molecule has 2 aromatic heterocycles. The number of hydrogen-bond acceptors (Lipinski definition) is 4. The van der Waals surface area contributed by atoms with Gasteiger partial charge in [-0.2, -0.15) is 0 Å². The maximum Gasteiger partial charge on any atom is 0.219 e. The van der Waals surface area contributed by atoms with Gasteiger partial charge in [0.1, 0.15) is 11.4 Å². The first-order valence-corrected chi connectivity index (χ1v) is 10.6. The molecule has 0 unspecified atom stereocenters. The van der Waals surface area contributed by atoms with Gasteiger partial charge in [0.25, 0.3) is 0 Å². The van der Waals surface area contributed by atoms with Crippen molar-refractivity contribution in [1.29, 1.82) is 0 Å². The van der Waals surface area contributed by atoms with Gasteiger partial charge in [0.05, 0.1) is 11.4 Å². The molecule has 2 heterocycles. The highest BCUT2D eigenvalue weighted by Crippen LogP contribution is 2.29. The van der Waals surface area contributed by atoms with Crippen molar-refractivity contribution in [1.82, 2.24) is 14.4 Å². The van der Waals surface area contributed by atoms with E-state index in [1.54, 1.807) is 34.9 Å². The molecule has 32 heavy (non-hydrogen) atoms. The Labute approximate surface area is 190 Å². The Bertz CT molecular complexity index is 1380. The summed E-state index contributed by atoms with van der Waals surface area (Å²) in [6.45, 7) is 0. The van der Waals surface area contributed by atoms with Crippen LogP contribution in [0.1, 0.15) is 22.5 Å². The third kappa shape index (κ3) is 4.03. The molecule has 0 radical (unpaired) electrons. The molecular formula is C26H20ClN3O2. The molecule has 5 aromatic rings.